The smallest absolute Gasteiger partial charge is 0.0528 e. The van der Waals surface area contributed by atoms with E-state index in [0.717, 1.165) is 44.2 Å². The molecule has 0 bridgehead atoms. The van der Waals surface area contributed by atoms with Crippen LogP contribution in [0.25, 0.3) is 16.7 Å². The van der Waals surface area contributed by atoms with E-state index >= 15 is 0 Å². The van der Waals surface area contributed by atoms with Crippen LogP contribution < -0.4 is 0 Å². The average Bonchev–Trinajstić information content (AvgIpc) is 3.27. The molecule has 0 spiro atoms. The lowest BCUT2D eigenvalue weighted by atomic mass is 9.81. The molecule has 0 aromatic heterocycles. The summed E-state index contributed by atoms with van der Waals surface area (Å²) in [5, 5.41) is 0. The Bertz CT molecular complexity index is 2000. The maximum absolute atomic E-state index is 4.83. The highest BCUT2D eigenvalue weighted by atomic mass is 15.2. The van der Waals surface area contributed by atoms with Gasteiger partial charge in [-0.3, -0.25) is 0 Å². The van der Waals surface area contributed by atoms with Gasteiger partial charge in [-0.05, 0) is 127 Å². The van der Waals surface area contributed by atoms with E-state index in [9.17, 15) is 0 Å². The van der Waals surface area contributed by atoms with Gasteiger partial charge in [-0.15, -0.1) is 0 Å². The lowest BCUT2D eigenvalue weighted by Gasteiger charge is -2.36. The summed E-state index contributed by atoms with van der Waals surface area (Å²) in [7, 11) is 0. The molecule has 3 aliphatic carbocycles. The van der Waals surface area contributed by atoms with Crippen LogP contribution in [0.5, 0.6) is 0 Å². The van der Waals surface area contributed by atoms with Crippen molar-refractivity contribution in [3.05, 3.63) is 196 Å². The molecular formula is C50H55N. The van der Waals surface area contributed by atoms with Gasteiger partial charge in [0.05, 0.1) is 6.04 Å². The Morgan fingerprint density at radius 2 is 1.47 bits per heavy atom. The first-order chi connectivity index (χ1) is 24.7. The van der Waals surface area contributed by atoms with Crippen LogP contribution >= 0.6 is 0 Å². The van der Waals surface area contributed by atoms with E-state index in [-0.39, 0.29) is 11.5 Å². The molecule has 1 fully saturated rings. The molecule has 0 heterocycles. The Morgan fingerprint density at radius 1 is 0.824 bits per heavy atom. The van der Waals surface area contributed by atoms with Crippen molar-refractivity contribution in [3.8, 4) is 0 Å². The Balaban J connectivity index is 1.34. The summed E-state index contributed by atoms with van der Waals surface area (Å²) in [6, 6.07) is 30.6. The van der Waals surface area contributed by atoms with Crippen molar-refractivity contribution in [3.63, 3.8) is 0 Å². The largest absolute Gasteiger partial charge is 0.339 e. The van der Waals surface area contributed by atoms with Gasteiger partial charge in [0.2, 0.25) is 0 Å². The van der Waals surface area contributed by atoms with Crippen LogP contribution in [0.4, 0.5) is 0 Å². The van der Waals surface area contributed by atoms with Gasteiger partial charge in [-0.1, -0.05) is 154 Å². The van der Waals surface area contributed by atoms with Crippen molar-refractivity contribution in [1.29, 1.82) is 0 Å². The quantitative estimate of drug-likeness (QED) is 0.205. The molecule has 0 radical (unpaired) electrons. The van der Waals surface area contributed by atoms with Crippen LogP contribution in [0.3, 0.4) is 0 Å². The van der Waals surface area contributed by atoms with Crippen LogP contribution in [0.2, 0.25) is 0 Å². The van der Waals surface area contributed by atoms with E-state index in [0.29, 0.717) is 0 Å². The molecule has 0 N–H and O–H groups in total. The van der Waals surface area contributed by atoms with Crippen molar-refractivity contribution < 1.29 is 0 Å². The SMILES string of the molecule is C=C(/C=C1/CCC(=C\C=C(/C)c2ccccc2)/C(=C/C)C1)N(/C(=C/C=C(\C)c1ccccc1)CC)C1C=C2C(=CCC1)c1ccccc1C2(C)C. The summed E-state index contributed by atoms with van der Waals surface area (Å²) < 4.78 is 0. The molecular weight excluding hydrogens is 615 g/mol. The Kier molecular flexibility index (Phi) is 11.3. The first-order valence-electron chi connectivity index (χ1n) is 18.9. The second-order valence-corrected chi connectivity index (χ2v) is 14.8. The van der Waals surface area contributed by atoms with Gasteiger partial charge in [0.1, 0.15) is 0 Å². The number of hydrogen-bond acceptors (Lipinski definition) is 1. The molecule has 260 valence electrons. The van der Waals surface area contributed by atoms with Crippen molar-refractivity contribution in [1.82, 2.24) is 4.90 Å². The zero-order chi connectivity index (χ0) is 36.0. The Morgan fingerprint density at radius 3 is 2.14 bits per heavy atom. The van der Waals surface area contributed by atoms with Crippen LogP contribution in [0.15, 0.2) is 174 Å². The molecule has 1 nitrogen and oxygen atoms in total. The fourth-order valence-corrected chi connectivity index (χ4v) is 8.11. The fraction of sp³-hybridized carbons (Fsp3) is 0.280. The number of benzene rings is 3. The highest BCUT2D eigenvalue weighted by molar-refractivity contribution is 5.90. The van der Waals surface area contributed by atoms with Crippen molar-refractivity contribution in [2.75, 3.05) is 0 Å². The minimum atomic E-state index is -0.0450. The minimum Gasteiger partial charge on any atom is -0.339 e. The van der Waals surface area contributed by atoms with E-state index in [1.807, 2.05) is 0 Å². The molecule has 6 rings (SSSR count). The van der Waals surface area contributed by atoms with Gasteiger partial charge >= 0.3 is 0 Å². The van der Waals surface area contributed by atoms with Gasteiger partial charge in [-0.25, -0.2) is 0 Å². The second-order valence-electron chi connectivity index (χ2n) is 14.8. The predicted octanol–water partition coefficient (Wildman–Crippen LogP) is 13.7. The molecule has 3 aromatic rings. The van der Waals surface area contributed by atoms with E-state index in [4.69, 9.17) is 6.58 Å². The first-order valence-corrected chi connectivity index (χ1v) is 18.9. The summed E-state index contributed by atoms with van der Waals surface area (Å²) in [5.41, 5.74) is 17.5. The Hall–Kier alpha value is -4.88. The summed E-state index contributed by atoms with van der Waals surface area (Å²) in [6.45, 7) is 18.5. The van der Waals surface area contributed by atoms with Crippen molar-refractivity contribution in [2.24, 2.45) is 0 Å². The van der Waals surface area contributed by atoms with Crippen LogP contribution in [-0.2, 0) is 5.41 Å². The van der Waals surface area contributed by atoms with E-state index in [1.165, 1.54) is 67.0 Å². The normalized spacial score (nSPS) is 21.6. The lowest BCUT2D eigenvalue weighted by Crippen LogP contribution is -2.33. The topological polar surface area (TPSA) is 3.24 Å². The van der Waals surface area contributed by atoms with Gasteiger partial charge in [0.15, 0.2) is 0 Å². The highest BCUT2D eigenvalue weighted by Gasteiger charge is 2.39. The Labute approximate surface area is 308 Å². The van der Waals surface area contributed by atoms with E-state index in [2.05, 4.69) is 180 Å². The van der Waals surface area contributed by atoms with Crippen LogP contribution in [0, 0.1) is 0 Å². The molecule has 1 heteroatoms. The molecule has 51 heavy (non-hydrogen) atoms. The van der Waals surface area contributed by atoms with Gasteiger partial charge in [0.25, 0.3) is 0 Å². The molecule has 1 unspecified atom stereocenters. The summed E-state index contributed by atoms with van der Waals surface area (Å²) in [6.07, 6.45) is 25.1. The molecule has 3 aromatic carbocycles. The zero-order valence-electron chi connectivity index (χ0n) is 31.7. The standard InChI is InChI=1S/C50H55N/c1-8-40-34-39(29-31-43(40)30-27-36(3)41-19-12-10-13-20-41)33-38(5)51(44(9-2)32-28-37(4)42-21-14-11-15-22-42)45-23-18-25-47-46-24-16-17-26-48(46)50(6,7)49(47)35-45/h8,10-17,19-22,24-28,30,32-33,35,45H,5,9,18,23,29,31,34H2,1-4,6-7H3/b36-27+,37-28+,39-33-,40-8+,43-30+,44-32+. The van der Waals surface area contributed by atoms with Gasteiger partial charge < -0.3 is 4.90 Å². The third-order valence-electron chi connectivity index (χ3n) is 11.1. The maximum atomic E-state index is 4.83. The third kappa shape index (κ3) is 7.89. The predicted molar refractivity (Wildman–Crippen MR) is 222 cm³/mol. The zero-order valence-corrected chi connectivity index (χ0v) is 31.7. The maximum Gasteiger partial charge on any atom is 0.0528 e. The molecule has 1 saturated carbocycles. The third-order valence-corrected chi connectivity index (χ3v) is 11.1. The first kappa shape index (κ1) is 35.9. The highest BCUT2D eigenvalue weighted by Crippen LogP contribution is 2.51. The molecule has 0 saturated heterocycles. The monoisotopic (exact) mass is 669 g/mol. The molecule has 1 atom stereocenters. The van der Waals surface area contributed by atoms with Crippen molar-refractivity contribution in [2.45, 2.75) is 91.5 Å². The number of allylic oxidation sites excluding steroid dienone is 15. The van der Waals surface area contributed by atoms with Gasteiger partial charge in [-0.2, -0.15) is 0 Å². The van der Waals surface area contributed by atoms with Crippen LogP contribution in [-0.4, -0.2) is 10.9 Å². The lowest BCUT2D eigenvalue weighted by molar-refractivity contribution is 0.347. The average molecular weight is 670 g/mol. The van der Waals surface area contributed by atoms with Crippen LogP contribution in [0.1, 0.15) is 102 Å². The van der Waals surface area contributed by atoms with Gasteiger partial charge in [0, 0.05) is 16.8 Å². The molecule has 3 aliphatic rings. The van der Waals surface area contributed by atoms with E-state index < -0.39 is 0 Å². The summed E-state index contributed by atoms with van der Waals surface area (Å²) >= 11 is 0. The number of hydrogen-bond donors (Lipinski definition) is 0. The number of nitrogens with zero attached hydrogens (tertiary/aromatic N) is 1. The second kappa shape index (κ2) is 16.0. The number of fused-ring (bicyclic) bond motifs is 3. The minimum absolute atomic E-state index is 0.0450. The van der Waals surface area contributed by atoms with E-state index in [1.54, 1.807) is 0 Å². The number of rotatable bonds is 9. The summed E-state index contributed by atoms with van der Waals surface area (Å²) in [5.74, 6) is 0. The van der Waals surface area contributed by atoms with Crippen molar-refractivity contribution >= 4 is 16.7 Å². The summed E-state index contributed by atoms with van der Waals surface area (Å²) in [4.78, 5) is 2.57. The molecule has 0 aliphatic heterocycles. The molecule has 0 amide bonds. The fourth-order valence-electron chi connectivity index (χ4n) is 8.11.